The van der Waals surface area contributed by atoms with E-state index in [-0.39, 0.29) is 10.7 Å². The molecule has 33 heavy (non-hydrogen) atoms. The predicted molar refractivity (Wildman–Crippen MR) is 128 cm³/mol. The standard InChI is InChI=1S/C25H25N3O4S/c1-32-22-9-5-8-20-21(16-28-24(20)22)25(29)23(18-6-3-2-4-7-18)27-15-14-17-10-12-19(13-11-17)33(26,30)31/h2-13,16,23,27-28H,14-15H2,1H3,(H2,26,30,31)/t23-/m0/s1. The van der Waals surface area contributed by atoms with Crippen molar-refractivity contribution in [2.24, 2.45) is 5.14 Å². The molecule has 4 aromatic rings. The molecule has 0 unspecified atom stereocenters. The van der Waals surface area contributed by atoms with Gasteiger partial charge in [-0.3, -0.25) is 4.79 Å². The number of carbonyl (C=O) groups excluding carboxylic acids is 1. The summed E-state index contributed by atoms with van der Waals surface area (Å²) >= 11 is 0. The molecule has 8 heteroatoms. The largest absolute Gasteiger partial charge is 0.495 e. The predicted octanol–water partition coefficient (Wildman–Crippen LogP) is 3.58. The van der Waals surface area contributed by atoms with Gasteiger partial charge in [0.2, 0.25) is 10.0 Å². The Morgan fingerprint density at radius 3 is 2.42 bits per heavy atom. The van der Waals surface area contributed by atoms with Crippen LogP contribution in [-0.4, -0.2) is 32.8 Å². The van der Waals surface area contributed by atoms with Crippen molar-refractivity contribution in [3.63, 3.8) is 0 Å². The van der Waals surface area contributed by atoms with Crippen LogP contribution in [0.15, 0.2) is 83.9 Å². The summed E-state index contributed by atoms with van der Waals surface area (Å²) in [6.07, 6.45) is 2.34. The zero-order valence-corrected chi connectivity index (χ0v) is 18.9. The Labute approximate surface area is 192 Å². The number of aromatic nitrogens is 1. The van der Waals surface area contributed by atoms with Crippen molar-refractivity contribution in [3.05, 3.63) is 95.7 Å². The van der Waals surface area contributed by atoms with Gasteiger partial charge in [-0.1, -0.05) is 54.6 Å². The number of para-hydroxylation sites is 1. The third kappa shape index (κ3) is 4.98. The fourth-order valence-corrected chi connectivity index (χ4v) is 4.39. The Balaban J connectivity index is 1.56. The van der Waals surface area contributed by atoms with E-state index in [2.05, 4.69) is 10.3 Å². The van der Waals surface area contributed by atoms with E-state index in [1.807, 2.05) is 48.5 Å². The molecule has 0 aliphatic heterocycles. The van der Waals surface area contributed by atoms with Crippen molar-refractivity contribution in [1.29, 1.82) is 0 Å². The first-order valence-corrected chi connectivity index (χ1v) is 12.0. The molecule has 1 aromatic heterocycles. The molecule has 4 rings (SSSR count). The lowest BCUT2D eigenvalue weighted by Gasteiger charge is -2.18. The first kappa shape index (κ1) is 22.7. The summed E-state index contributed by atoms with van der Waals surface area (Å²) in [6, 6.07) is 21.1. The van der Waals surface area contributed by atoms with Gasteiger partial charge in [-0.25, -0.2) is 13.6 Å². The lowest BCUT2D eigenvalue weighted by atomic mass is 9.96. The Kier molecular flexibility index (Phi) is 6.60. The summed E-state index contributed by atoms with van der Waals surface area (Å²) in [7, 11) is -2.12. The van der Waals surface area contributed by atoms with Crippen molar-refractivity contribution < 1.29 is 17.9 Å². The van der Waals surface area contributed by atoms with Crippen molar-refractivity contribution in [2.75, 3.05) is 13.7 Å². The first-order chi connectivity index (χ1) is 15.9. The number of primary sulfonamides is 1. The van der Waals surface area contributed by atoms with E-state index in [1.54, 1.807) is 25.4 Å². The molecular formula is C25H25N3O4S. The number of aromatic amines is 1. The minimum absolute atomic E-state index is 0.0507. The van der Waals surface area contributed by atoms with E-state index in [0.717, 1.165) is 22.0 Å². The third-order valence-electron chi connectivity index (χ3n) is 5.57. The number of methoxy groups -OCH3 is 1. The molecule has 3 aromatic carbocycles. The number of hydrogen-bond acceptors (Lipinski definition) is 5. The number of H-pyrrole nitrogens is 1. The minimum Gasteiger partial charge on any atom is -0.495 e. The monoisotopic (exact) mass is 463 g/mol. The van der Waals surface area contributed by atoms with Gasteiger partial charge in [-0.05, 0) is 35.7 Å². The van der Waals surface area contributed by atoms with Crippen molar-refractivity contribution in [1.82, 2.24) is 10.3 Å². The minimum atomic E-state index is -3.72. The molecular weight excluding hydrogens is 438 g/mol. The van der Waals surface area contributed by atoms with Gasteiger partial charge in [0.1, 0.15) is 5.75 Å². The Bertz CT molecular complexity index is 1360. The van der Waals surface area contributed by atoms with Crippen LogP contribution in [-0.2, 0) is 16.4 Å². The first-order valence-electron chi connectivity index (χ1n) is 10.5. The van der Waals surface area contributed by atoms with Crippen LogP contribution in [0, 0.1) is 0 Å². The Morgan fingerprint density at radius 2 is 1.76 bits per heavy atom. The topological polar surface area (TPSA) is 114 Å². The Morgan fingerprint density at radius 1 is 1.03 bits per heavy atom. The lowest BCUT2D eigenvalue weighted by Crippen LogP contribution is -2.30. The summed E-state index contributed by atoms with van der Waals surface area (Å²) < 4.78 is 28.3. The smallest absolute Gasteiger partial charge is 0.238 e. The number of sulfonamides is 1. The zero-order chi connectivity index (χ0) is 23.4. The van der Waals surface area contributed by atoms with Crippen LogP contribution in [0.4, 0.5) is 0 Å². The quantitative estimate of drug-likeness (QED) is 0.328. The van der Waals surface area contributed by atoms with Crippen molar-refractivity contribution >= 4 is 26.7 Å². The van der Waals surface area contributed by atoms with E-state index in [9.17, 15) is 13.2 Å². The molecule has 0 saturated carbocycles. The third-order valence-corrected chi connectivity index (χ3v) is 6.50. The van der Waals surface area contributed by atoms with Crippen LogP contribution in [0.3, 0.4) is 0 Å². The van der Waals surface area contributed by atoms with Gasteiger partial charge in [-0.15, -0.1) is 0 Å². The average Bonchev–Trinajstić information content (AvgIpc) is 3.26. The SMILES string of the molecule is COc1cccc2c(C(=O)[C@@H](NCCc3ccc(S(N)(=O)=O)cc3)c3ccccc3)c[nH]c12. The molecule has 0 aliphatic rings. The van der Waals surface area contributed by atoms with Gasteiger partial charge in [0.25, 0.3) is 0 Å². The zero-order valence-electron chi connectivity index (χ0n) is 18.1. The van der Waals surface area contributed by atoms with E-state index in [4.69, 9.17) is 9.88 Å². The average molecular weight is 464 g/mol. The normalized spacial score (nSPS) is 12.5. The maximum Gasteiger partial charge on any atom is 0.238 e. The molecule has 1 atom stereocenters. The maximum absolute atomic E-state index is 13.6. The molecule has 0 radical (unpaired) electrons. The van der Waals surface area contributed by atoms with Crippen molar-refractivity contribution in [2.45, 2.75) is 17.4 Å². The summed E-state index contributed by atoms with van der Waals surface area (Å²) in [4.78, 5) is 16.9. The molecule has 7 nitrogen and oxygen atoms in total. The number of Topliss-reactive ketones (excluding diaryl/α,β-unsaturated/α-hetero) is 1. The van der Waals surface area contributed by atoms with E-state index in [0.29, 0.717) is 24.3 Å². The second-order valence-corrected chi connectivity index (χ2v) is 9.25. The number of hydrogen-bond donors (Lipinski definition) is 3. The number of ketones is 1. The summed E-state index contributed by atoms with van der Waals surface area (Å²) in [5.74, 6) is 0.629. The highest BCUT2D eigenvalue weighted by molar-refractivity contribution is 7.89. The van der Waals surface area contributed by atoms with Crippen LogP contribution < -0.4 is 15.2 Å². The van der Waals surface area contributed by atoms with Crippen LogP contribution in [0.2, 0.25) is 0 Å². The van der Waals surface area contributed by atoms with Gasteiger partial charge in [0.15, 0.2) is 5.78 Å². The van der Waals surface area contributed by atoms with Crippen LogP contribution >= 0.6 is 0 Å². The number of ether oxygens (including phenoxy) is 1. The van der Waals surface area contributed by atoms with Gasteiger partial charge < -0.3 is 15.0 Å². The molecule has 0 bridgehead atoms. The molecule has 0 fully saturated rings. The molecule has 0 amide bonds. The van der Waals surface area contributed by atoms with E-state index < -0.39 is 16.1 Å². The summed E-state index contributed by atoms with van der Waals surface area (Å²) in [5, 5.41) is 9.34. The fraction of sp³-hybridized carbons (Fsp3) is 0.160. The van der Waals surface area contributed by atoms with Gasteiger partial charge in [0.05, 0.1) is 23.6 Å². The Hall–Kier alpha value is -3.46. The highest BCUT2D eigenvalue weighted by Crippen LogP contribution is 2.30. The molecule has 0 saturated heterocycles. The maximum atomic E-state index is 13.6. The number of benzene rings is 3. The second kappa shape index (κ2) is 9.58. The van der Waals surface area contributed by atoms with E-state index in [1.165, 1.54) is 12.1 Å². The summed E-state index contributed by atoms with van der Waals surface area (Å²) in [5.41, 5.74) is 3.17. The number of fused-ring (bicyclic) bond motifs is 1. The molecule has 0 spiro atoms. The molecule has 1 heterocycles. The molecule has 0 aliphatic carbocycles. The van der Waals surface area contributed by atoms with Gasteiger partial charge >= 0.3 is 0 Å². The van der Waals surface area contributed by atoms with Crippen LogP contribution in [0.1, 0.15) is 27.5 Å². The number of carbonyl (C=O) groups is 1. The fourth-order valence-electron chi connectivity index (χ4n) is 3.87. The van der Waals surface area contributed by atoms with E-state index >= 15 is 0 Å². The number of nitrogens with one attached hydrogen (secondary N) is 2. The summed E-state index contributed by atoms with van der Waals surface area (Å²) in [6.45, 7) is 0.520. The van der Waals surface area contributed by atoms with Crippen LogP contribution in [0.5, 0.6) is 5.75 Å². The van der Waals surface area contributed by atoms with Gasteiger partial charge in [-0.2, -0.15) is 0 Å². The lowest BCUT2D eigenvalue weighted by molar-refractivity contribution is 0.0945. The second-order valence-electron chi connectivity index (χ2n) is 7.69. The number of nitrogens with two attached hydrogens (primary N) is 1. The highest BCUT2D eigenvalue weighted by Gasteiger charge is 2.24. The molecule has 170 valence electrons. The highest BCUT2D eigenvalue weighted by atomic mass is 32.2. The van der Waals surface area contributed by atoms with Crippen molar-refractivity contribution in [3.8, 4) is 5.75 Å². The number of rotatable bonds is 9. The van der Waals surface area contributed by atoms with Crippen LogP contribution in [0.25, 0.3) is 10.9 Å². The van der Waals surface area contributed by atoms with Gasteiger partial charge in [0, 0.05) is 23.7 Å². The molecule has 4 N–H and O–H groups in total.